The number of esters is 1. The van der Waals surface area contributed by atoms with Gasteiger partial charge in [-0.15, -0.1) is 0 Å². The number of ether oxygens (including phenoxy) is 2. The Labute approximate surface area is 425 Å². The van der Waals surface area contributed by atoms with E-state index in [0.29, 0.717) is 44.8 Å². The van der Waals surface area contributed by atoms with Crippen LogP contribution in [0.2, 0.25) is 0 Å². The van der Waals surface area contributed by atoms with Crippen LogP contribution in [0.15, 0.2) is 53.2 Å². The number of cyclic esters (lactones) is 1. The fourth-order valence-corrected chi connectivity index (χ4v) is 12.4. The number of likely N-dealkylation sites (tertiary alicyclic amines) is 1. The van der Waals surface area contributed by atoms with Gasteiger partial charge >= 0.3 is 5.97 Å². The van der Waals surface area contributed by atoms with Crippen molar-refractivity contribution in [1.29, 1.82) is 0 Å². The molecule has 0 unspecified atom stereocenters. The highest BCUT2D eigenvalue weighted by atomic mass is 16.5. The third-order valence-corrected chi connectivity index (χ3v) is 16.7. The Morgan fingerprint density at radius 3 is 2.51 bits per heavy atom. The van der Waals surface area contributed by atoms with E-state index < -0.39 is 35.4 Å². The Kier molecular flexibility index (Phi) is 15.5. The fourth-order valence-electron chi connectivity index (χ4n) is 12.4. The number of methoxy groups -OCH3 is 1. The van der Waals surface area contributed by atoms with Crippen LogP contribution in [0, 0.1) is 29.1 Å². The van der Waals surface area contributed by atoms with Crippen LogP contribution in [-0.4, -0.2) is 126 Å². The molecule has 0 spiro atoms. The number of aliphatic imine (C=N–C) groups is 1. The lowest BCUT2D eigenvalue weighted by Crippen LogP contribution is -2.62. The highest BCUT2D eigenvalue weighted by Gasteiger charge is 2.45. The molecule has 6 aliphatic rings. The number of carbonyl (C=O) groups excluding carboxylic acids is 5. The molecule has 4 amide bonds. The number of aryl methyl sites for hydroxylation is 1. The molecule has 15 heteroatoms. The molecule has 2 saturated heterocycles. The average molecular weight is 987 g/mol. The normalized spacial score (nSPS) is 25.3. The SMILES string of the molecule is CCn1c(C2=C([C@H](C)OC)N=CCC2)c2c3cc(ccc31)-c1cccc(c1)C[C@H](NC(=O)[C@H](C1CCCC1)N(C)C(=O)[C@H]1CN(C(=O)C[C@H](N)C3CC3)C[C@H]1C)C(=O)N1CCC[C@H](N1)C(=O)OCC(C)(C)C2. The van der Waals surface area contributed by atoms with Crippen molar-refractivity contribution in [3.05, 3.63) is 65.0 Å². The van der Waals surface area contributed by atoms with E-state index in [1.54, 1.807) is 24.0 Å². The Hall–Kier alpha value is -5.38. The zero-order valence-electron chi connectivity index (χ0n) is 43.7. The van der Waals surface area contributed by atoms with Crippen LogP contribution in [0.4, 0.5) is 0 Å². The highest BCUT2D eigenvalue weighted by Crippen LogP contribution is 2.42. The van der Waals surface area contributed by atoms with Crippen molar-refractivity contribution >= 4 is 52.3 Å². The Bertz CT molecular complexity index is 2610. The van der Waals surface area contributed by atoms with Gasteiger partial charge in [-0.25, -0.2) is 5.43 Å². The molecule has 2 saturated carbocycles. The van der Waals surface area contributed by atoms with Gasteiger partial charge in [-0.3, -0.25) is 34.0 Å². The third-order valence-electron chi connectivity index (χ3n) is 16.7. The quantitative estimate of drug-likeness (QED) is 0.164. The van der Waals surface area contributed by atoms with E-state index in [2.05, 4.69) is 66.4 Å². The molecule has 388 valence electrons. The molecule has 72 heavy (non-hydrogen) atoms. The zero-order valence-corrected chi connectivity index (χ0v) is 43.7. The molecule has 5 heterocycles. The van der Waals surface area contributed by atoms with E-state index in [1.165, 1.54) is 16.1 Å². The van der Waals surface area contributed by atoms with E-state index in [1.807, 2.05) is 32.2 Å². The van der Waals surface area contributed by atoms with Gasteiger partial charge in [-0.1, -0.05) is 63.9 Å². The van der Waals surface area contributed by atoms with Gasteiger partial charge in [0.15, 0.2) is 0 Å². The predicted molar refractivity (Wildman–Crippen MR) is 279 cm³/mol. The number of nitrogens with two attached hydrogens (primary N) is 1. The van der Waals surface area contributed by atoms with E-state index >= 15 is 4.79 Å². The molecule has 6 bridgehead atoms. The lowest BCUT2D eigenvalue weighted by molar-refractivity contribution is -0.155. The summed E-state index contributed by atoms with van der Waals surface area (Å²) < 4.78 is 14.5. The van der Waals surface area contributed by atoms with E-state index in [4.69, 9.17) is 20.2 Å². The number of hydrazine groups is 1. The smallest absolute Gasteiger partial charge is 0.324 e. The Morgan fingerprint density at radius 1 is 1.01 bits per heavy atom. The summed E-state index contributed by atoms with van der Waals surface area (Å²) in [5, 5.41) is 5.80. The number of likely N-dealkylation sites (N-methyl/N-ethyl adjacent to an activating group) is 1. The molecule has 0 radical (unpaired) electrons. The van der Waals surface area contributed by atoms with Gasteiger partial charge < -0.3 is 34.9 Å². The molecule has 4 fully saturated rings. The van der Waals surface area contributed by atoms with Gasteiger partial charge in [-0.05, 0) is 124 Å². The summed E-state index contributed by atoms with van der Waals surface area (Å²) in [6, 6.07) is 12.0. The monoisotopic (exact) mass is 987 g/mol. The van der Waals surface area contributed by atoms with Crippen LogP contribution in [0.25, 0.3) is 27.6 Å². The second-order valence-corrected chi connectivity index (χ2v) is 22.7. The lowest BCUT2D eigenvalue weighted by Gasteiger charge is -2.37. The van der Waals surface area contributed by atoms with E-state index in [0.717, 1.165) is 96.9 Å². The number of fused-ring (bicyclic) bond motifs is 6. The molecule has 9 rings (SSSR count). The highest BCUT2D eigenvalue weighted by molar-refractivity contribution is 5.96. The number of hydrogen-bond donors (Lipinski definition) is 3. The van der Waals surface area contributed by atoms with Crippen molar-refractivity contribution in [1.82, 2.24) is 30.1 Å². The second kappa shape index (κ2) is 21.6. The first-order valence-corrected chi connectivity index (χ1v) is 26.9. The maximum absolute atomic E-state index is 15.1. The number of hydrogen-bond acceptors (Lipinski definition) is 10. The van der Waals surface area contributed by atoms with Crippen LogP contribution in [-0.2, 0) is 52.8 Å². The van der Waals surface area contributed by atoms with Crippen molar-refractivity contribution in [2.24, 2.45) is 39.8 Å². The van der Waals surface area contributed by atoms with Crippen molar-refractivity contribution in [3.63, 3.8) is 0 Å². The number of allylic oxidation sites excluding steroid dienone is 1. The topological polar surface area (TPSA) is 181 Å². The van der Waals surface area contributed by atoms with Gasteiger partial charge in [0, 0.05) is 87.3 Å². The van der Waals surface area contributed by atoms with E-state index in [9.17, 15) is 19.2 Å². The minimum Gasteiger partial charge on any atom is -0.464 e. The number of amides is 4. The summed E-state index contributed by atoms with van der Waals surface area (Å²) in [5.74, 6) is -1.62. The first-order chi connectivity index (χ1) is 34.5. The van der Waals surface area contributed by atoms with Crippen molar-refractivity contribution in [3.8, 4) is 11.1 Å². The van der Waals surface area contributed by atoms with Crippen LogP contribution in [0.5, 0.6) is 0 Å². The molecule has 1 aromatic heterocycles. The van der Waals surface area contributed by atoms with Crippen molar-refractivity contribution in [2.45, 2.75) is 155 Å². The van der Waals surface area contributed by atoms with Crippen LogP contribution < -0.4 is 16.5 Å². The fraction of sp³-hybridized carbons (Fsp3) is 0.614. The standard InChI is InChI=1S/C57H78N8O7/c1-8-64-48-23-22-40-28-42(48)43(52(64)41-18-12-24-59-50(41)35(3)71-7)30-57(4,5)33-72-56(70)46-19-13-25-65(61-46)55(69)47(27-36-14-11-17-39(40)26-36)60-53(67)51(38-15-9-10-16-38)62(6)54(68)44-32-63(31-34(44)2)49(66)29-45(58)37-20-21-37/h11,14,17,22-24,26,28,34-35,37-38,44-47,51,61H,8-10,12-13,15-16,18-21,25,27,29-33,58H2,1-7H3,(H,60,67)/t34-,35+,44+,45+,46+,47+,51+/m1/s1. The molecular weight excluding hydrogens is 909 g/mol. The number of rotatable bonds is 12. The van der Waals surface area contributed by atoms with Crippen molar-refractivity contribution in [2.75, 3.05) is 40.4 Å². The van der Waals surface area contributed by atoms with Gasteiger partial charge in [0.25, 0.3) is 5.91 Å². The first-order valence-electron chi connectivity index (χ1n) is 26.9. The molecule has 15 nitrogen and oxygen atoms in total. The molecule has 4 aliphatic heterocycles. The second-order valence-electron chi connectivity index (χ2n) is 22.7. The molecular formula is C57H78N8O7. The molecule has 2 aromatic carbocycles. The van der Waals surface area contributed by atoms with Gasteiger partial charge in [0.2, 0.25) is 17.7 Å². The number of nitrogens with zero attached hydrogens (tertiary/aromatic N) is 5. The Balaban J connectivity index is 1.06. The summed E-state index contributed by atoms with van der Waals surface area (Å²) in [6.45, 7) is 12.5. The molecule has 7 atom stereocenters. The minimum absolute atomic E-state index is 0.0201. The molecule has 2 aliphatic carbocycles. The summed E-state index contributed by atoms with van der Waals surface area (Å²) >= 11 is 0. The lowest BCUT2D eigenvalue weighted by atomic mass is 9.83. The molecule has 4 N–H and O–H groups in total. The van der Waals surface area contributed by atoms with Gasteiger partial charge in [-0.2, -0.15) is 0 Å². The number of benzene rings is 2. The zero-order chi connectivity index (χ0) is 51.0. The van der Waals surface area contributed by atoms with Gasteiger partial charge in [0.1, 0.15) is 18.1 Å². The van der Waals surface area contributed by atoms with Crippen LogP contribution in [0.1, 0.15) is 122 Å². The number of nitrogens with one attached hydrogen (secondary N) is 2. The number of aromatic nitrogens is 1. The summed E-state index contributed by atoms with van der Waals surface area (Å²) in [5.41, 5.74) is 17.5. The largest absolute Gasteiger partial charge is 0.464 e. The maximum Gasteiger partial charge on any atom is 0.324 e. The summed E-state index contributed by atoms with van der Waals surface area (Å²) in [7, 11) is 3.43. The van der Waals surface area contributed by atoms with Gasteiger partial charge in [0.05, 0.1) is 30.0 Å². The minimum atomic E-state index is -1.03. The Morgan fingerprint density at radius 2 is 1.78 bits per heavy atom. The average Bonchev–Trinajstić information content (AvgIpc) is 3.84. The van der Waals surface area contributed by atoms with Crippen LogP contribution in [0.3, 0.4) is 0 Å². The third kappa shape index (κ3) is 10.8. The maximum atomic E-state index is 15.1. The summed E-state index contributed by atoms with van der Waals surface area (Å²) in [6.07, 6.45) is 11.1. The number of carbonyl (C=O) groups is 5. The predicted octanol–water partition coefficient (Wildman–Crippen LogP) is 6.83. The van der Waals surface area contributed by atoms with Crippen LogP contribution >= 0.6 is 0 Å². The first kappa shape index (κ1) is 51.5. The summed E-state index contributed by atoms with van der Waals surface area (Å²) in [4.78, 5) is 80.4. The van der Waals surface area contributed by atoms with Crippen molar-refractivity contribution < 1.29 is 33.4 Å². The van der Waals surface area contributed by atoms with E-state index in [-0.39, 0.29) is 67.1 Å². The molecule has 3 aromatic rings.